The van der Waals surface area contributed by atoms with Crippen LogP contribution in [0, 0.1) is 6.92 Å². The van der Waals surface area contributed by atoms with Crippen molar-refractivity contribution in [2.75, 3.05) is 14.2 Å². The summed E-state index contributed by atoms with van der Waals surface area (Å²) in [4.78, 5) is 0. The monoisotopic (exact) mass is 272 g/mol. The average molecular weight is 272 g/mol. The molecular weight excluding hydrogens is 239 g/mol. The molecule has 0 radical (unpaired) electrons. The number of ether oxygens (including phenoxy) is 1. The van der Waals surface area contributed by atoms with Crippen LogP contribution in [-0.4, -0.2) is 14.2 Å². The fourth-order valence-electron chi connectivity index (χ4n) is 1.33. The van der Waals surface area contributed by atoms with Gasteiger partial charge in [-0.25, -0.2) is 0 Å². The van der Waals surface area contributed by atoms with Crippen LogP contribution in [0.4, 0.5) is 0 Å². The van der Waals surface area contributed by atoms with Crippen molar-refractivity contribution in [2.24, 2.45) is 0 Å². The van der Waals surface area contributed by atoms with E-state index in [2.05, 4.69) is 42.8 Å². The van der Waals surface area contributed by atoms with Gasteiger partial charge in [0.1, 0.15) is 0 Å². The van der Waals surface area contributed by atoms with E-state index < -0.39 is 0 Å². The fraction of sp³-hybridized carbons (Fsp3) is 0.625. The summed E-state index contributed by atoms with van der Waals surface area (Å²) in [7, 11) is 3.25. The highest BCUT2D eigenvalue weighted by Crippen LogP contribution is 2.07. The summed E-state index contributed by atoms with van der Waals surface area (Å²) in [5.41, 5.74) is 2.84. The first-order valence-electron chi connectivity index (χ1n) is 6.70. The minimum absolute atomic E-state index is 0. The van der Waals surface area contributed by atoms with Crippen molar-refractivity contribution in [1.29, 1.82) is 0 Å². The number of methoxy groups -OCH3 is 1. The minimum Gasteiger partial charge on any atom is -0.388 e. The molecule has 0 heterocycles. The fourth-order valence-corrected chi connectivity index (χ4v) is 1.33. The molecule has 108 valence electrons. The first-order valence-corrected chi connectivity index (χ1v) is 6.70. The second-order valence-corrected chi connectivity index (χ2v) is 3.85. The molecule has 0 aromatic heterocycles. The Balaban J connectivity index is -0.000000329. The van der Waals surface area contributed by atoms with Crippen LogP contribution < -0.4 is 0 Å². The predicted octanol–water partition coefficient (Wildman–Crippen LogP) is 5.07. The Kier molecular flexibility index (Phi) is 24.0. The second kappa shape index (κ2) is 19.0. The SMILES string of the molecule is CC.CCCCCc1ccc(C)cc1.COC.P. The van der Waals surface area contributed by atoms with Crippen molar-refractivity contribution >= 4 is 9.90 Å². The molecule has 1 aromatic rings. The van der Waals surface area contributed by atoms with Gasteiger partial charge in [-0.05, 0) is 25.3 Å². The second-order valence-electron chi connectivity index (χ2n) is 3.85. The van der Waals surface area contributed by atoms with Gasteiger partial charge < -0.3 is 4.74 Å². The lowest BCUT2D eigenvalue weighted by Crippen LogP contribution is -1.84. The number of benzene rings is 1. The molecule has 0 fully saturated rings. The van der Waals surface area contributed by atoms with Crippen LogP contribution >= 0.6 is 9.90 Å². The topological polar surface area (TPSA) is 9.23 Å². The molecule has 0 bridgehead atoms. The van der Waals surface area contributed by atoms with E-state index in [0.29, 0.717) is 0 Å². The lowest BCUT2D eigenvalue weighted by Gasteiger charge is -2.00. The van der Waals surface area contributed by atoms with Crippen LogP contribution in [0.2, 0.25) is 0 Å². The van der Waals surface area contributed by atoms with Gasteiger partial charge in [0.05, 0.1) is 0 Å². The molecule has 18 heavy (non-hydrogen) atoms. The Morgan fingerprint density at radius 3 is 1.78 bits per heavy atom. The molecule has 2 heteroatoms. The van der Waals surface area contributed by atoms with Gasteiger partial charge in [0, 0.05) is 14.2 Å². The van der Waals surface area contributed by atoms with Crippen LogP contribution in [0.1, 0.15) is 51.2 Å². The van der Waals surface area contributed by atoms with Gasteiger partial charge >= 0.3 is 0 Å². The van der Waals surface area contributed by atoms with Gasteiger partial charge in [-0.15, -0.1) is 0 Å². The highest BCUT2D eigenvalue weighted by atomic mass is 31.0. The first kappa shape index (κ1) is 22.8. The zero-order valence-electron chi connectivity index (χ0n) is 13.3. The van der Waals surface area contributed by atoms with E-state index >= 15 is 0 Å². The lowest BCUT2D eigenvalue weighted by atomic mass is 10.1. The van der Waals surface area contributed by atoms with Gasteiger partial charge in [0.15, 0.2) is 0 Å². The molecule has 1 rings (SSSR count). The summed E-state index contributed by atoms with van der Waals surface area (Å²) in [5.74, 6) is 0. The summed E-state index contributed by atoms with van der Waals surface area (Å²) < 4.78 is 4.25. The molecule has 1 nitrogen and oxygen atoms in total. The molecular formula is C16H33OP. The quantitative estimate of drug-likeness (QED) is 0.549. The molecule has 0 amide bonds. The normalized spacial score (nSPS) is 8.11. The zero-order chi connectivity index (χ0) is 13.5. The van der Waals surface area contributed by atoms with Crippen molar-refractivity contribution in [1.82, 2.24) is 0 Å². The molecule has 0 aliphatic heterocycles. The molecule has 0 aliphatic carbocycles. The van der Waals surface area contributed by atoms with Crippen molar-refractivity contribution in [3.63, 3.8) is 0 Å². The van der Waals surface area contributed by atoms with E-state index in [0.717, 1.165) is 0 Å². The molecule has 0 spiro atoms. The highest BCUT2D eigenvalue weighted by molar-refractivity contribution is 6.92. The van der Waals surface area contributed by atoms with Crippen LogP contribution in [0.15, 0.2) is 24.3 Å². The number of hydrogen-bond acceptors (Lipinski definition) is 1. The summed E-state index contributed by atoms with van der Waals surface area (Å²) >= 11 is 0. The predicted molar refractivity (Wildman–Crippen MR) is 89.8 cm³/mol. The molecule has 0 N–H and O–H groups in total. The summed E-state index contributed by atoms with van der Waals surface area (Å²) in [6.45, 7) is 8.38. The van der Waals surface area contributed by atoms with Crippen molar-refractivity contribution < 1.29 is 4.74 Å². The number of unbranched alkanes of at least 4 members (excludes halogenated alkanes) is 2. The molecule has 1 unspecified atom stereocenters. The van der Waals surface area contributed by atoms with Crippen LogP contribution in [-0.2, 0) is 11.2 Å². The third-order valence-electron chi connectivity index (χ3n) is 2.19. The summed E-state index contributed by atoms with van der Waals surface area (Å²) in [6.07, 6.45) is 5.24. The van der Waals surface area contributed by atoms with Crippen LogP contribution in [0.3, 0.4) is 0 Å². The average Bonchev–Trinajstić information content (AvgIpc) is 2.36. The van der Waals surface area contributed by atoms with E-state index in [1.807, 2.05) is 13.8 Å². The van der Waals surface area contributed by atoms with E-state index in [4.69, 9.17) is 0 Å². The highest BCUT2D eigenvalue weighted by Gasteiger charge is 1.91. The van der Waals surface area contributed by atoms with E-state index in [1.165, 1.54) is 36.8 Å². The van der Waals surface area contributed by atoms with Gasteiger partial charge in [-0.3, -0.25) is 0 Å². The van der Waals surface area contributed by atoms with Gasteiger partial charge in [-0.1, -0.05) is 63.4 Å². The Hall–Kier alpha value is -0.390. The third-order valence-corrected chi connectivity index (χ3v) is 2.19. The number of aryl methyl sites for hydroxylation is 2. The van der Waals surface area contributed by atoms with Crippen molar-refractivity contribution in [3.8, 4) is 0 Å². The Morgan fingerprint density at radius 1 is 0.944 bits per heavy atom. The van der Waals surface area contributed by atoms with Crippen LogP contribution in [0.5, 0.6) is 0 Å². The minimum atomic E-state index is 0. The van der Waals surface area contributed by atoms with Crippen molar-refractivity contribution in [3.05, 3.63) is 35.4 Å². The van der Waals surface area contributed by atoms with Gasteiger partial charge in [0.25, 0.3) is 0 Å². The zero-order valence-corrected chi connectivity index (χ0v) is 14.7. The molecule has 0 saturated carbocycles. The molecule has 0 saturated heterocycles. The van der Waals surface area contributed by atoms with E-state index in [9.17, 15) is 0 Å². The maximum atomic E-state index is 4.25. The van der Waals surface area contributed by atoms with E-state index in [1.54, 1.807) is 14.2 Å². The Bertz CT molecular complexity index is 231. The number of rotatable bonds is 4. The Morgan fingerprint density at radius 2 is 1.39 bits per heavy atom. The smallest absolute Gasteiger partial charge is 0.0351 e. The maximum Gasteiger partial charge on any atom is 0.0351 e. The first-order chi connectivity index (χ1) is 8.24. The summed E-state index contributed by atoms with van der Waals surface area (Å²) in [6, 6.07) is 8.87. The number of hydrogen-bond donors (Lipinski definition) is 0. The van der Waals surface area contributed by atoms with Crippen molar-refractivity contribution in [2.45, 2.75) is 53.4 Å². The standard InChI is InChI=1S/C12H18.C2H6O.C2H6.H3P/c1-3-4-5-6-12-9-7-11(2)8-10-12;1-3-2;1-2;/h7-10H,3-6H2,1-2H3;1-2H3;1-2H3;1H3. The van der Waals surface area contributed by atoms with Gasteiger partial charge in [-0.2, -0.15) is 9.90 Å². The van der Waals surface area contributed by atoms with E-state index in [-0.39, 0.29) is 9.90 Å². The molecule has 1 aromatic carbocycles. The maximum absolute atomic E-state index is 4.25. The lowest BCUT2D eigenvalue weighted by molar-refractivity contribution is 0.277. The largest absolute Gasteiger partial charge is 0.388 e. The van der Waals surface area contributed by atoms with Crippen LogP contribution in [0.25, 0.3) is 0 Å². The third kappa shape index (κ3) is 15.6. The molecule has 0 aliphatic rings. The van der Waals surface area contributed by atoms with Gasteiger partial charge in [0.2, 0.25) is 0 Å². The Labute approximate surface area is 118 Å². The summed E-state index contributed by atoms with van der Waals surface area (Å²) in [5, 5.41) is 0. The molecule has 1 atom stereocenters.